The molecule has 2 aromatic carbocycles. The van der Waals surface area contributed by atoms with E-state index in [1.54, 1.807) is 50.8 Å². The number of ether oxygens (including phenoxy) is 1. The first-order valence-electron chi connectivity index (χ1n) is 13.2. The van der Waals surface area contributed by atoms with Gasteiger partial charge in [-0.3, -0.25) is 14.4 Å². The van der Waals surface area contributed by atoms with Gasteiger partial charge in [0.15, 0.2) is 5.75 Å². The van der Waals surface area contributed by atoms with Gasteiger partial charge in [0, 0.05) is 17.2 Å². The highest BCUT2D eigenvalue weighted by atomic mass is 35.5. The van der Waals surface area contributed by atoms with E-state index in [1.165, 1.54) is 19.1 Å². The Labute approximate surface area is 242 Å². The van der Waals surface area contributed by atoms with E-state index in [0.29, 0.717) is 29.1 Å². The summed E-state index contributed by atoms with van der Waals surface area (Å²) in [5.41, 5.74) is 0.0302. The number of aryl methyl sites for hydroxylation is 2. The fraction of sp³-hybridized carbons (Fsp3) is 0.367. The molecule has 0 saturated carbocycles. The van der Waals surface area contributed by atoms with Crippen molar-refractivity contribution >= 4 is 23.4 Å². The molecule has 3 atom stereocenters. The van der Waals surface area contributed by atoms with Gasteiger partial charge in [0.2, 0.25) is 5.91 Å². The molecule has 11 heteroatoms. The number of likely N-dealkylation sites (tertiary alicyclic amines) is 1. The third-order valence-corrected chi connectivity index (χ3v) is 7.57. The Morgan fingerprint density at radius 2 is 1.95 bits per heavy atom. The maximum Gasteiger partial charge on any atom is 0.307 e. The molecular weight excluding hydrogens is 549 g/mol. The van der Waals surface area contributed by atoms with Gasteiger partial charge in [0.05, 0.1) is 34.8 Å². The normalized spacial score (nSPS) is 17.6. The second kappa shape index (κ2) is 11.7. The van der Waals surface area contributed by atoms with E-state index in [2.05, 4.69) is 21.6 Å². The van der Waals surface area contributed by atoms with E-state index in [-0.39, 0.29) is 23.1 Å². The predicted molar refractivity (Wildman–Crippen MR) is 151 cm³/mol. The lowest BCUT2D eigenvalue weighted by Gasteiger charge is -2.38. The van der Waals surface area contributed by atoms with Gasteiger partial charge in [-0.2, -0.15) is 10.4 Å². The average molecular weight is 580 g/mol. The summed E-state index contributed by atoms with van der Waals surface area (Å²) in [5, 5.41) is 19.1. The number of carbonyl (C=O) groups excluding carboxylic acids is 2. The van der Waals surface area contributed by atoms with Crippen molar-refractivity contribution in [2.75, 3.05) is 0 Å². The monoisotopic (exact) mass is 579 g/mol. The van der Waals surface area contributed by atoms with Crippen LogP contribution in [0.2, 0.25) is 5.02 Å². The molecule has 2 heterocycles. The van der Waals surface area contributed by atoms with Crippen molar-refractivity contribution in [3.8, 4) is 17.6 Å². The fourth-order valence-electron chi connectivity index (χ4n) is 5.13. The van der Waals surface area contributed by atoms with Crippen molar-refractivity contribution in [3.63, 3.8) is 0 Å². The summed E-state index contributed by atoms with van der Waals surface area (Å²) >= 11 is 6.22. The number of hydrogen-bond donors (Lipinski definition) is 2. The van der Waals surface area contributed by atoms with Gasteiger partial charge in [-0.25, -0.2) is 9.49 Å². The van der Waals surface area contributed by atoms with Crippen molar-refractivity contribution in [1.82, 2.24) is 20.4 Å². The minimum atomic E-state index is -1.02. The Morgan fingerprint density at radius 3 is 2.63 bits per heavy atom. The summed E-state index contributed by atoms with van der Waals surface area (Å²) in [4.78, 5) is 40.7. The lowest BCUT2D eigenvalue weighted by atomic mass is 9.84. The first-order chi connectivity index (χ1) is 19.3. The number of carbonyl (C=O) groups is 2. The predicted octanol–water partition coefficient (Wildman–Crippen LogP) is 5.37. The SMILES string of the molecule is Cc1cc(Oc2cc(F)c(C(=O)NC(C)C(=O)N3C(C(C)(C)C#N)CC[C@H]3c3cccc(Cl)c3)cc2C)c(=O)[nH]n1. The zero-order chi connectivity index (χ0) is 30.1. The van der Waals surface area contributed by atoms with Crippen LogP contribution in [0.1, 0.15) is 66.8 Å². The van der Waals surface area contributed by atoms with Crippen LogP contribution in [0.4, 0.5) is 4.39 Å². The van der Waals surface area contributed by atoms with Gasteiger partial charge in [-0.15, -0.1) is 0 Å². The van der Waals surface area contributed by atoms with E-state index in [1.807, 2.05) is 6.07 Å². The number of benzene rings is 2. The van der Waals surface area contributed by atoms with E-state index in [0.717, 1.165) is 11.6 Å². The van der Waals surface area contributed by atoms with Crippen LogP contribution < -0.4 is 15.6 Å². The topological polar surface area (TPSA) is 128 Å². The number of amides is 2. The third kappa shape index (κ3) is 6.25. The lowest BCUT2D eigenvalue weighted by Crippen LogP contribution is -2.52. The summed E-state index contributed by atoms with van der Waals surface area (Å²) < 4.78 is 20.7. The summed E-state index contributed by atoms with van der Waals surface area (Å²) in [7, 11) is 0. The highest BCUT2D eigenvalue weighted by Crippen LogP contribution is 2.43. The first kappa shape index (κ1) is 29.7. The smallest absolute Gasteiger partial charge is 0.307 e. The van der Waals surface area contributed by atoms with Crippen LogP contribution in [-0.2, 0) is 4.79 Å². The molecule has 1 aliphatic heterocycles. The highest BCUT2D eigenvalue weighted by molar-refractivity contribution is 6.30. The average Bonchev–Trinajstić information content (AvgIpc) is 3.38. The minimum absolute atomic E-state index is 0.0577. The van der Waals surface area contributed by atoms with Gasteiger partial charge in [0.1, 0.15) is 17.6 Å². The molecule has 0 spiro atoms. The van der Waals surface area contributed by atoms with Crippen LogP contribution in [0.3, 0.4) is 0 Å². The Bertz CT molecular complexity index is 1600. The van der Waals surface area contributed by atoms with Crippen LogP contribution >= 0.6 is 11.6 Å². The quantitative estimate of drug-likeness (QED) is 0.387. The van der Waals surface area contributed by atoms with Crippen molar-refractivity contribution in [3.05, 3.63) is 86.0 Å². The van der Waals surface area contributed by atoms with Crippen molar-refractivity contribution in [2.45, 2.75) is 65.6 Å². The Morgan fingerprint density at radius 1 is 1.22 bits per heavy atom. The van der Waals surface area contributed by atoms with Gasteiger partial charge in [-0.05, 0) is 76.8 Å². The molecule has 1 aliphatic rings. The molecule has 1 aromatic heterocycles. The Balaban J connectivity index is 1.57. The molecule has 1 saturated heterocycles. The van der Waals surface area contributed by atoms with E-state index in [4.69, 9.17) is 16.3 Å². The van der Waals surface area contributed by atoms with Crippen LogP contribution in [0, 0.1) is 36.4 Å². The number of rotatable bonds is 7. The lowest BCUT2D eigenvalue weighted by molar-refractivity contribution is -0.137. The first-order valence-corrected chi connectivity index (χ1v) is 13.5. The number of aromatic amines is 1. The largest absolute Gasteiger partial charge is 0.451 e. The van der Waals surface area contributed by atoms with Crippen LogP contribution in [0.25, 0.3) is 0 Å². The zero-order valence-electron chi connectivity index (χ0n) is 23.4. The molecule has 2 N–H and O–H groups in total. The fourth-order valence-corrected chi connectivity index (χ4v) is 5.32. The standard InChI is InChI=1S/C30H31ClFN5O4/c1-16-11-21(22(32)14-24(16)41-25-12-17(2)35-36-28(25)39)27(38)34-18(3)29(40)37-23(19-7-6-8-20(31)13-19)9-10-26(37)30(4,5)15-33/h6-8,11-14,18,23,26H,9-10H2,1-5H3,(H,34,38)(H,36,39)/t18?,23-,26?/m0/s1. The van der Waals surface area contributed by atoms with Crippen LogP contribution in [0.5, 0.6) is 11.5 Å². The molecule has 3 aromatic rings. The maximum absolute atomic E-state index is 15.1. The van der Waals surface area contributed by atoms with Gasteiger partial charge in [-0.1, -0.05) is 23.7 Å². The number of hydrogen-bond acceptors (Lipinski definition) is 6. The molecule has 2 unspecified atom stereocenters. The van der Waals surface area contributed by atoms with E-state index >= 15 is 4.39 Å². The summed E-state index contributed by atoms with van der Waals surface area (Å²) in [5.74, 6) is -2.07. The maximum atomic E-state index is 15.1. The highest BCUT2D eigenvalue weighted by Gasteiger charge is 2.46. The number of nitrogens with zero attached hydrogens (tertiary/aromatic N) is 3. The number of aromatic nitrogens is 2. The molecule has 2 amide bonds. The van der Waals surface area contributed by atoms with Crippen molar-refractivity contribution < 1.29 is 18.7 Å². The van der Waals surface area contributed by atoms with Crippen LogP contribution in [-0.4, -0.2) is 39.0 Å². The van der Waals surface area contributed by atoms with Gasteiger partial charge in [0.25, 0.3) is 5.91 Å². The van der Waals surface area contributed by atoms with E-state index < -0.39 is 40.7 Å². The summed E-state index contributed by atoms with van der Waals surface area (Å²) in [6.07, 6.45) is 1.22. The van der Waals surface area contributed by atoms with Gasteiger partial charge >= 0.3 is 5.56 Å². The number of halogens is 2. The van der Waals surface area contributed by atoms with Crippen LogP contribution in [0.15, 0.2) is 47.3 Å². The molecule has 0 aliphatic carbocycles. The zero-order valence-corrected chi connectivity index (χ0v) is 24.2. The number of nitriles is 1. The number of H-pyrrole nitrogens is 1. The van der Waals surface area contributed by atoms with Crippen molar-refractivity contribution in [1.29, 1.82) is 5.26 Å². The minimum Gasteiger partial charge on any atom is -0.451 e. The third-order valence-electron chi connectivity index (χ3n) is 7.34. The molecule has 0 radical (unpaired) electrons. The molecule has 1 fully saturated rings. The molecule has 41 heavy (non-hydrogen) atoms. The Hall–Kier alpha value is -4.23. The molecule has 9 nitrogen and oxygen atoms in total. The van der Waals surface area contributed by atoms with Gasteiger partial charge < -0.3 is 15.0 Å². The Kier molecular flexibility index (Phi) is 8.50. The second-order valence-electron chi connectivity index (χ2n) is 10.8. The molecule has 214 valence electrons. The molecular formula is C30H31ClFN5O4. The molecule has 0 bridgehead atoms. The number of nitrogens with one attached hydrogen (secondary N) is 2. The summed E-state index contributed by atoms with van der Waals surface area (Å²) in [6, 6.07) is 11.5. The molecule has 4 rings (SSSR count). The second-order valence-corrected chi connectivity index (χ2v) is 11.3. The van der Waals surface area contributed by atoms with E-state index in [9.17, 15) is 19.6 Å². The van der Waals surface area contributed by atoms with Crippen molar-refractivity contribution in [2.24, 2.45) is 5.41 Å². The summed E-state index contributed by atoms with van der Waals surface area (Å²) in [6.45, 7) is 8.37.